The van der Waals surface area contributed by atoms with Crippen molar-refractivity contribution >= 4 is 23.7 Å². The summed E-state index contributed by atoms with van der Waals surface area (Å²) in [6.45, 7) is 7.13. The van der Waals surface area contributed by atoms with Crippen molar-refractivity contribution in [3.63, 3.8) is 0 Å². The van der Waals surface area contributed by atoms with Crippen LogP contribution in [0, 0.1) is 6.92 Å². The Morgan fingerprint density at radius 1 is 1.24 bits per heavy atom. The first-order chi connectivity index (χ1) is 12.0. The summed E-state index contributed by atoms with van der Waals surface area (Å²) in [5, 5.41) is 14.0. The zero-order chi connectivity index (χ0) is 18.2. The van der Waals surface area contributed by atoms with Crippen molar-refractivity contribution in [1.82, 2.24) is 25.4 Å². The van der Waals surface area contributed by atoms with Crippen molar-refractivity contribution in [2.45, 2.75) is 38.9 Å². The number of amides is 3. The van der Waals surface area contributed by atoms with Crippen LogP contribution in [0.5, 0.6) is 0 Å². The second kappa shape index (κ2) is 9.22. The van der Waals surface area contributed by atoms with Gasteiger partial charge in [0.05, 0.1) is 5.75 Å². The van der Waals surface area contributed by atoms with Crippen LogP contribution >= 0.6 is 11.8 Å². The van der Waals surface area contributed by atoms with Crippen LogP contribution in [0.15, 0.2) is 29.4 Å². The second-order valence-electron chi connectivity index (χ2n) is 5.52. The first kappa shape index (κ1) is 19.0. The number of hydrogen-bond donors (Lipinski definition) is 2. The number of aryl methyl sites for hydroxylation is 1. The van der Waals surface area contributed by atoms with E-state index in [0.29, 0.717) is 11.7 Å². The standard InChI is InChI=1S/C17H23N5O2S/c1-4-9-22-15(13-8-6-7-12(3)10-13)20-21-17(22)25-11-14(23)19-16(24)18-5-2/h6-8,10H,4-5,9,11H2,1-3H3,(H2,18,19,23,24). The summed E-state index contributed by atoms with van der Waals surface area (Å²) >= 11 is 1.27. The number of thioether (sulfide) groups is 1. The highest BCUT2D eigenvalue weighted by Gasteiger charge is 2.16. The van der Waals surface area contributed by atoms with Gasteiger partial charge in [0.25, 0.3) is 0 Å². The minimum atomic E-state index is -0.483. The molecule has 0 saturated heterocycles. The van der Waals surface area contributed by atoms with E-state index in [9.17, 15) is 9.59 Å². The number of benzene rings is 1. The van der Waals surface area contributed by atoms with E-state index < -0.39 is 6.03 Å². The van der Waals surface area contributed by atoms with Gasteiger partial charge in [-0.2, -0.15) is 0 Å². The summed E-state index contributed by atoms with van der Waals surface area (Å²) in [5.74, 6) is 0.531. The maximum atomic E-state index is 11.8. The summed E-state index contributed by atoms with van der Waals surface area (Å²) in [6.07, 6.45) is 0.926. The van der Waals surface area contributed by atoms with Crippen LogP contribution in [0.4, 0.5) is 4.79 Å². The van der Waals surface area contributed by atoms with Gasteiger partial charge < -0.3 is 9.88 Å². The number of urea groups is 1. The molecule has 0 bridgehead atoms. The molecule has 0 fully saturated rings. The SMILES string of the molecule is CCCn1c(SCC(=O)NC(=O)NCC)nnc1-c1cccc(C)c1. The lowest BCUT2D eigenvalue weighted by atomic mass is 10.1. The molecule has 134 valence electrons. The molecule has 0 spiro atoms. The predicted octanol–water partition coefficient (Wildman–Crippen LogP) is 2.60. The fourth-order valence-corrected chi connectivity index (χ4v) is 3.08. The summed E-state index contributed by atoms with van der Waals surface area (Å²) in [7, 11) is 0. The highest BCUT2D eigenvalue weighted by Crippen LogP contribution is 2.24. The zero-order valence-electron chi connectivity index (χ0n) is 14.7. The molecule has 1 aromatic heterocycles. The molecule has 1 heterocycles. The Labute approximate surface area is 151 Å². The summed E-state index contributed by atoms with van der Waals surface area (Å²) in [5.41, 5.74) is 2.15. The van der Waals surface area contributed by atoms with Crippen LogP contribution in [0.1, 0.15) is 25.8 Å². The van der Waals surface area contributed by atoms with Gasteiger partial charge in [-0.15, -0.1) is 10.2 Å². The molecule has 8 heteroatoms. The van der Waals surface area contributed by atoms with Gasteiger partial charge in [0, 0.05) is 18.7 Å². The molecular weight excluding hydrogens is 338 g/mol. The van der Waals surface area contributed by atoms with Crippen LogP contribution in [-0.2, 0) is 11.3 Å². The molecule has 3 amide bonds. The molecule has 0 radical (unpaired) electrons. The molecule has 0 saturated carbocycles. The Hall–Kier alpha value is -2.35. The largest absolute Gasteiger partial charge is 0.338 e. The molecule has 2 aromatic rings. The highest BCUT2D eigenvalue weighted by atomic mass is 32.2. The van der Waals surface area contributed by atoms with E-state index >= 15 is 0 Å². The Morgan fingerprint density at radius 3 is 2.72 bits per heavy atom. The minimum absolute atomic E-state index is 0.104. The number of hydrogen-bond acceptors (Lipinski definition) is 5. The van der Waals surface area contributed by atoms with Crippen LogP contribution in [0.2, 0.25) is 0 Å². The molecule has 1 aromatic carbocycles. The van der Waals surface area contributed by atoms with Crippen molar-refractivity contribution in [2.24, 2.45) is 0 Å². The monoisotopic (exact) mass is 361 g/mol. The average Bonchev–Trinajstić information content (AvgIpc) is 2.96. The number of aromatic nitrogens is 3. The van der Waals surface area contributed by atoms with Gasteiger partial charge in [-0.05, 0) is 26.3 Å². The molecule has 0 unspecified atom stereocenters. The van der Waals surface area contributed by atoms with E-state index in [2.05, 4.69) is 33.8 Å². The maximum Gasteiger partial charge on any atom is 0.321 e. The molecule has 7 nitrogen and oxygen atoms in total. The van der Waals surface area contributed by atoms with Gasteiger partial charge in [0.1, 0.15) is 0 Å². The van der Waals surface area contributed by atoms with Gasteiger partial charge >= 0.3 is 6.03 Å². The van der Waals surface area contributed by atoms with Crippen LogP contribution in [-0.4, -0.2) is 39.0 Å². The Morgan fingerprint density at radius 2 is 2.04 bits per heavy atom. The molecule has 2 N–H and O–H groups in total. The fraction of sp³-hybridized carbons (Fsp3) is 0.412. The van der Waals surface area contributed by atoms with Gasteiger partial charge in [-0.3, -0.25) is 10.1 Å². The molecule has 0 atom stereocenters. The van der Waals surface area contributed by atoms with Crippen molar-refractivity contribution in [2.75, 3.05) is 12.3 Å². The van der Waals surface area contributed by atoms with E-state index in [1.165, 1.54) is 11.8 Å². The number of carbonyl (C=O) groups excluding carboxylic acids is 2. The molecule has 25 heavy (non-hydrogen) atoms. The number of rotatable bonds is 7. The fourth-order valence-electron chi connectivity index (χ4n) is 2.32. The van der Waals surface area contributed by atoms with E-state index in [4.69, 9.17) is 0 Å². The Bertz CT molecular complexity index is 744. The van der Waals surface area contributed by atoms with Crippen LogP contribution in [0.3, 0.4) is 0 Å². The molecule has 0 aliphatic heterocycles. The minimum Gasteiger partial charge on any atom is -0.338 e. The third-order valence-corrected chi connectivity index (χ3v) is 4.33. The van der Waals surface area contributed by atoms with Crippen molar-refractivity contribution in [1.29, 1.82) is 0 Å². The molecule has 0 aliphatic carbocycles. The maximum absolute atomic E-state index is 11.8. The lowest BCUT2D eigenvalue weighted by Gasteiger charge is -2.09. The normalized spacial score (nSPS) is 10.5. The third kappa shape index (κ3) is 5.32. The van der Waals surface area contributed by atoms with E-state index in [1.54, 1.807) is 6.92 Å². The lowest BCUT2D eigenvalue weighted by Crippen LogP contribution is -2.40. The van der Waals surface area contributed by atoms with Gasteiger partial charge in [0.2, 0.25) is 5.91 Å². The summed E-state index contributed by atoms with van der Waals surface area (Å²) in [4.78, 5) is 23.2. The molecular formula is C17H23N5O2S. The van der Waals surface area contributed by atoms with Crippen molar-refractivity contribution in [3.8, 4) is 11.4 Å². The Balaban J connectivity index is 2.11. The van der Waals surface area contributed by atoms with E-state index in [0.717, 1.165) is 29.9 Å². The summed E-state index contributed by atoms with van der Waals surface area (Å²) in [6, 6.07) is 7.60. The smallest absolute Gasteiger partial charge is 0.321 e. The van der Waals surface area contributed by atoms with Crippen LogP contribution in [0.25, 0.3) is 11.4 Å². The topological polar surface area (TPSA) is 88.9 Å². The predicted molar refractivity (Wildman–Crippen MR) is 98.4 cm³/mol. The van der Waals surface area contributed by atoms with Crippen molar-refractivity contribution < 1.29 is 9.59 Å². The third-order valence-electron chi connectivity index (χ3n) is 3.36. The average molecular weight is 361 g/mol. The zero-order valence-corrected chi connectivity index (χ0v) is 15.5. The lowest BCUT2D eigenvalue weighted by molar-refractivity contribution is -0.117. The Kier molecular flexibility index (Phi) is 7.00. The van der Waals surface area contributed by atoms with E-state index in [1.807, 2.05) is 29.7 Å². The van der Waals surface area contributed by atoms with Crippen molar-refractivity contribution in [3.05, 3.63) is 29.8 Å². The quantitative estimate of drug-likeness (QED) is 0.740. The van der Waals surface area contributed by atoms with Crippen LogP contribution < -0.4 is 10.6 Å². The molecule has 2 rings (SSSR count). The second-order valence-corrected chi connectivity index (χ2v) is 6.47. The first-order valence-corrected chi connectivity index (χ1v) is 9.24. The highest BCUT2D eigenvalue weighted by molar-refractivity contribution is 7.99. The first-order valence-electron chi connectivity index (χ1n) is 8.25. The van der Waals surface area contributed by atoms with Gasteiger partial charge in [-0.25, -0.2) is 4.79 Å². The summed E-state index contributed by atoms with van der Waals surface area (Å²) < 4.78 is 2.01. The number of nitrogens with one attached hydrogen (secondary N) is 2. The van der Waals surface area contributed by atoms with E-state index in [-0.39, 0.29) is 11.7 Å². The number of imide groups is 1. The number of carbonyl (C=O) groups is 2. The van der Waals surface area contributed by atoms with Gasteiger partial charge in [0.15, 0.2) is 11.0 Å². The van der Waals surface area contributed by atoms with Gasteiger partial charge in [-0.1, -0.05) is 42.4 Å². The molecule has 0 aliphatic rings. The number of nitrogens with zero attached hydrogens (tertiary/aromatic N) is 3.